The number of rotatable bonds is 10. The number of hydrogen-bond acceptors (Lipinski definition) is 2. The number of unbranched alkanes of at least 4 members (excludes halogenated alkanes) is 3. The first-order valence-electron chi connectivity index (χ1n) is 6.65. The van der Waals surface area contributed by atoms with Gasteiger partial charge < -0.3 is 11.1 Å². The van der Waals surface area contributed by atoms with Gasteiger partial charge in [-0.25, -0.2) is 0 Å². The van der Waals surface area contributed by atoms with Crippen molar-refractivity contribution in [3.05, 3.63) is 0 Å². The Labute approximate surface area is 96.0 Å². The van der Waals surface area contributed by atoms with Crippen molar-refractivity contribution in [2.75, 3.05) is 6.54 Å². The van der Waals surface area contributed by atoms with Gasteiger partial charge in [0.1, 0.15) is 0 Å². The van der Waals surface area contributed by atoms with Crippen LogP contribution in [0.25, 0.3) is 0 Å². The van der Waals surface area contributed by atoms with Crippen molar-refractivity contribution in [3.8, 4) is 0 Å². The summed E-state index contributed by atoms with van der Waals surface area (Å²) in [6.07, 6.45) is 9.06. The lowest BCUT2D eigenvalue weighted by atomic mass is 10.1. The van der Waals surface area contributed by atoms with E-state index < -0.39 is 0 Å². The molecule has 0 aromatic heterocycles. The molecular weight excluding hydrogens is 184 g/mol. The van der Waals surface area contributed by atoms with Crippen LogP contribution >= 0.6 is 0 Å². The van der Waals surface area contributed by atoms with Gasteiger partial charge in [-0.05, 0) is 39.7 Å². The van der Waals surface area contributed by atoms with Crippen LogP contribution in [0.15, 0.2) is 0 Å². The smallest absolute Gasteiger partial charge is 0.00387 e. The largest absolute Gasteiger partial charge is 0.328 e. The monoisotopic (exact) mass is 214 g/mol. The average molecular weight is 214 g/mol. The van der Waals surface area contributed by atoms with Crippen molar-refractivity contribution in [1.29, 1.82) is 0 Å². The van der Waals surface area contributed by atoms with Gasteiger partial charge in [-0.1, -0.05) is 32.6 Å². The van der Waals surface area contributed by atoms with Gasteiger partial charge >= 0.3 is 0 Å². The highest BCUT2D eigenvalue weighted by Gasteiger charge is 2.00. The molecule has 0 bridgehead atoms. The van der Waals surface area contributed by atoms with Crippen LogP contribution in [0.2, 0.25) is 0 Å². The summed E-state index contributed by atoms with van der Waals surface area (Å²) < 4.78 is 0. The predicted octanol–water partition coefficient (Wildman–Crippen LogP) is 3.06. The maximum Gasteiger partial charge on any atom is 0.00387 e. The predicted molar refractivity (Wildman–Crippen MR) is 69.1 cm³/mol. The fourth-order valence-corrected chi connectivity index (χ4v) is 1.74. The van der Waals surface area contributed by atoms with Crippen molar-refractivity contribution in [1.82, 2.24) is 5.32 Å². The Balaban J connectivity index is 3.13. The van der Waals surface area contributed by atoms with Crippen LogP contribution in [0.3, 0.4) is 0 Å². The second-order valence-corrected chi connectivity index (χ2v) is 4.82. The van der Waals surface area contributed by atoms with E-state index in [2.05, 4.69) is 26.1 Å². The second-order valence-electron chi connectivity index (χ2n) is 4.82. The molecule has 2 unspecified atom stereocenters. The Kier molecular flexibility index (Phi) is 10.4. The molecule has 15 heavy (non-hydrogen) atoms. The highest BCUT2D eigenvalue weighted by atomic mass is 14.9. The third kappa shape index (κ3) is 11.8. The minimum Gasteiger partial charge on any atom is -0.328 e. The molecule has 0 amide bonds. The maximum absolute atomic E-state index is 5.70. The molecule has 0 saturated heterocycles. The van der Waals surface area contributed by atoms with Crippen LogP contribution in [-0.4, -0.2) is 18.6 Å². The molecule has 0 aromatic carbocycles. The fraction of sp³-hybridized carbons (Fsp3) is 1.00. The average Bonchev–Trinajstić information content (AvgIpc) is 2.17. The SMILES string of the molecule is CCCCCC(C)NCCCCC(C)N. The van der Waals surface area contributed by atoms with E-state index in [0.717, 1.165) is 13.0 Å². The summed E-state index contributed by atoms with van der Waals surface area (Å²) >= 11 is 0. The Morgan fingerprint density at radius 1 is 1.00 bits per heavy atom. The zero-order chi connectivity index (χ0) is 11.5. The van der Waals surface area contributed by atoms with E-state index in [1.807, 2.05) is 0 Å². The molecule has 0 saturated carbocycles. The fourth-order valence-electron chi connectivity index (χ4n) is 1.74. The molecule has 0 aliphatic heterocycles. The van der Waals surface area contributed by atoms with Gasteiger partial charge in [0.2, 0.25) is 0 Å². The third-order valence-corrected chi connectivity index (χ3v) is 2.82. The van der Waals surface area contributed by atoms with E-state index in [1.54, 1.807) is 0 Å². The maximum atomic E-state index is 5.70. The summed E-state index contributed by atoms with van der Waals surface area (Å²) in [4.78, 5) is 0. The molecular formula is C13H30N2. The molecule has 0 fully saturated rings. The minimum absolute atomic E-state index is 0.368. The van der Waals surface area contributed by atoms with Crippen molar-refractivity contribution in [2.24, 2.45) is 5.73 Å². The standard InChI is InChI=1S/C13H30N2/c1-4-5-6-10-13(3)15-11-8-7-9-12(2)14/h12-13,15H,4-11,14H2,1-3H3. The Hall–Kier alpha value is -0.0800. The summed E-state index contributed by atoms with van der Waals surface area (Å²) in [7, 11) is 0. The summed E-state index contributed by atoms with van der Waals surface area (Å²) in [6, 6.07) is 1.05. The third-order valence-electron chi connectivity index (χ3n) is 2.82. The summed E-state index contributed by atoms with van der Waals surface area (Å²) in [6.45, 7) is 7.79. The molecule has 2 nitrogen and oxygen atoms in total. The minimum atomic E-state index is 0.368. The lowest BCUT2D eigenvalue weighted by Crippen LogP contribution is -2.27. The molecule has 0 aliphatic rings. The molecule has 2 atom stereocenters. The Bertz CT molecular complexity index is 124. The van der Waals surface area contributed by atoms with Crippen molar-refractivity contribution in [3.63, 3.8) is 0 Å². The molecule has 92 valence electrons. The summed E-state index contributed by atoms with van der Waals surface area (Å²) in [5.74, 6) is 0. The van der Waals surface area contributed by atoms with E-state index in [0.29, 0.717) is 12.1 Å². The van der Waals surface area contributed by atoms with E-state index in [1.165, 1.54) is 38.5 Å². The van der Waals surface area contributed by atoms with Crippen LogP contribution in [0.4, 0.5) is 0 Å². The lowest BCUT2D eigenvalue weighted by Gasteiger charge is -2.13. The van der Waals surface area contributed by atoms with Gasteiger partial charge in [-0.15, -0.1) is 0 Å². The first-order chi connectivity index (χ1) is 7.16. The summed E-state index contributed by atoms with van der Waals surface area (Å²) in [5, 5.41) is 3.57. The second kappa shape index (κ2) is 10.4. The molecule has 0 heterocycles. The zero-order valence-electron chi connectivity index (χ0n) is 10.9. The van der Waals surface area contributed by atoms with Gasteiger partial charge in [0.25, 0.3) is 0 Å². The van der Waals surface area contributed by atoms with E-state index >= 15 is 0 Å². The van der Waals surface area contributed by atoms with E-state index in [9.17, 15) is 0 Å². The molecule has 0 spiro atoms. The number of nitrogens with one attached hydrogen (secondary N) is 1. The molecule has 2 heteroatoms. The van der Waals surface area contributed by atoms with Crippen molar-refractivity contribution >= 4 is 0 Å². The van der Waals surface area contributed by atoms with Gasteiger partial charge in [-0.3, -0.25) is 0 Å². The van der Waals surface area contributed by atoms with Crippen molar-refractivity contribution < 1.29 is 0 Å². The molecule has 0 radical (unpaired) electrons. The lowest BCUT2D eigenvalue weighted by molar-refractivity contribution is 0.470. The van der Waals surface area contributed by atoms with Gasteiger partial charge in [0.15, 0.2) is 0 Å². The zero-order valence-corrected chi connectivity index (χ0v) is 10.9. The topological polar surface area (TPSA) is 38.0 Å². The highest BCUT2D eigenvalue weighted by molar-refractivity contribution is 4.61. The normalized spacial score (nSPS) is 15.2. The summed E-state index contributed by atoms with van der Waals surface area (Å²) in [5.41, 5.74) is 5.70. The number of hydrogen-bond donors (Lipinski definition) is 2. The Morgan fingerprint density at radius 2 is 1.67 bits per heavy atom. The van der Waals surface area contributed by atoms with Gasteiger partial charge in [0.05, 0.1) is 0 Å². The van der Waals surface area contributed by atoms with E-state index in [-0.39, 0.29) is 0 Å². The van der Waals surface area contributed by atoms with Crippen LogP contribution in [0.5, 0.6) is 0 Å². The van der Waals surface area contributed by atoms with Gasteiger partial charge in [-0.2, -0.15) is 0 Å². The van der Waals surface area contributed by atoms with Crippen LogP contribution in [-0.2, 0) is 0 Å². The van der Waals surface area contributed by atoms with Crippen LogP contribution in [0, 0.1) is 0 Å². The number of nitrogens with two attached hydrogens (primary N) is 1. The van der Waals surface area contributed by atoms with E-state index in [4.69, 9.17) is 5.73 Å². The first kappa shape index (κ1) is 14.9. The van der Waals surface area contributed by atoms with Crippen LogP contribution in [0.1, 0.15) is 65.7 Å². The first-order valence-corrected chi connectivity index (χ1v) is 6.65. The van der Waals surface area contributed by atoms with Gasteiger partial charge in [0, 0.05) is 12.1 Å². The molecule has 3 N–H and O–H groups in total. The highest BCUT2D eigenvalue weighted by Crippen LogP contribution is 2.03. The Morgan fingerprint density at radius 3 is 2.27 bits per heavy atom. The van der Waals surface area contributed by atoms with Crippen molar-refractivity contribution in [2.45, 2.75) is 77.8 Å². The molecule has 0 aromatic rings. The van der Waals surface area contributed by atoms with Crippen LogP contribution < -0.4 is 11.1 Å². The molecule has 0 aliphatic carbocycles. The molecule has 0 rings (SSSR count). The quantitative estimate of drug-likeness (QED) is 0.549.